The second-order valence-corrected chi connectivity index (χ2v) is 10.9. The van der Waals surface area contributed by atoms with E-state index in [1.165, 1.54) is 16.4 Å². The molecule has 4 rings (SSSR count). The second kappa shape index (κ2) is 10.7. The summed E-state index contributed by atoms with van der Waals surface area (Å²) in [7, 11) is -4.06. The Morgan fingerprint density at radius 3 is 2.80 bits per heavy atom. The largest absolute Gasteiger partial charge is 0.489 e. The molecule has 3 aromatic rings. The number of fused-ring (bicyclic) bond motifs is 1. The molecule has 11 heteroatoms. The molecule has 0 unspecified atom stereocenters. The van der Waals surface area contributed by atoms with Crippen LogP contribution in [0, 0.1) is 6.92 Å². The maximum absolute atomic E-state index is 13.5. The number of nitrogens with two attached hydrogens (primary N) is 1. The van der Waals surface area contributed by atoms with Gasteiger partial charge in [0.1, 0.15) is 23.3 Å². The maximum Gasteiger partial charge on any atom is 0.245 e. The van der Waals surface area contributed by atoms with Gasteiger partial charge in [-0.05, 0) is 56.2 Å². The molecular formula is C24H26Cl2N4O4S. The molecule has 1 fully saturated rings. The van der Waals surface area contributed by atoms with Gasteiger partial charge in [-0.3, -0.25) is 9.78 Å². The highest BCUT2D eigenvalue weighted by atomic mass is 35.5. The summed E-state index contributed by atoms with van der Waals surface area (Å²) in [6.07, 6.45) is 0.991. The first-order chi connectivity index (χ1) is 16.7. The van der Waals surface area contributed by atoms with Crippen LogP contribution in [0.2, 0.25) is 10.0 Å². The molecule has 8 nitrogen and oxygen atoms in total. The number of amides is 1. The van der Waals surface area contributed by atoms with E-state index in [0.29, 0.717) is 24.2 Å². The molecule has 1 saturated heterocycles. The molecule has 0 saturated carbocycles. The number of ether oxygens (including phenoxy) is 1. The van der Waals surface area contributed by atoms with Gasteiger partial charge in [0.05, 0.1) is 10.5 Å². The fraction of sp³-hybridized carbons (Fsp3) is 0.333. The van der Waals surface area contributed by atoms with Gasteiger partial charge in [0, 0.05) is 41.3 Å². The van der Waals surface area contributed by atoms with Crippen LogP contribution in [0.3, 0.4) is 0 Å². The van der Waals surface area contributed by atoms with Crippen LogP contribution in [0.5, 0.6) is 5.75 Å². The number of benzene rings is 2. The fourth-order valence-corrected chi connectivity index (χ4v) is 6.61. The molecule has 0 radical (unpaired) electrons. The smallest absolute Gasteiger partial charge is 0.245 e. The molecule has 2 aromatic carbocycles. The van der Waals surface area contributed by atoms with E-state index in [-0.39, 0.29) is 47.1 Å². The average Bonchev–Trinajstić information content (AvgIpc) is 3.33. The first-order valence-electron chi connectivity index (χ1n) is 11.2. The minimum absolute atomic E-state index is 0.0244. The third-order valence-corrected chi connectivity index (χ3v) is 8.72. The quantitative estimate of drug-likeness (QED) is 0.454. The van der Waals surface area contributed by atoms with Crippen molar-refractivity contribution in [3.05, 3.63) is 63.8 Å². The molecule has 1 aliphatic heterocycles. The maximum atomic E-state index is 13.5. The molecule has 1 aromatic heterocycles. The van der Waals surface area contributed by atoms with E-state index in [0.717, 1.165) is 16.6 Å². The third-order valence-electron chi connectivity index (χ3n) is 5.87. The Balaban J connectivity index is 1.58. The van der Waals surface area contributed by atoms with Crippen LogP contribution in [0.4, 0.5) is 0 Å². The van der Waals surface area contributed by atoms with E-state index in [1.807, 2.05) is 31.2 Å². The number of sulfonamides is 1. The number of pyridine rings is 1. The number of nitrogens with one attached hydrogen (secondary N) is 1. The Morgan fingerprint density at radius 2 is 2.03 bits per heavy atom. The zero-order valence-corrected chi connectivity index (χ0v) is 21.5. The number of aromatic nitrogens is 1. The number of halogens is 2. The topological polar surface area (TPSA) is 115 Å². The summed E-state index contributed by atoms with van der Waals surface area (Å²) in [5, 5.41) is 3.84. The van der Waals surface area contributed by atoms with Gasteiger partial charge in [-0.1, -0.05) is 29.3 Å². The summed E-state index contributed by atoms with van der Waals surface area (Å²) in [4.78, 5) is 16.9. The predicted octanol–water partition coefficient (Wildman–Crippen LogP) is 3.66. The van der Waals surface area contributed by atoms with E-state index in [9.17, 15) is 13.2 Å². The van der Waals surface area contributed by atoms with Gasteiger partial charge >= 0.3 is 0 Å². The van der Waals surface area contributed by atoms with Gasteiger partial charge in [-0.25, -0.2) is 8.42 Å². The minimum atomic E-state index is -4.06. The number of nitrogens with zero attached hydrogens (tertiary/aromatic N) is 2. The van der Waals surface area contributed by atoms with Crippen molar-refractivity contribution in [2.75, 3.05) is 19.6 Å². The van der Waals surface area contributed by atoms with Crippen molar-refractivity contribution < 1.29 is 17.9 Å². The monoisotopic (exact) mass is 536 g/mol. The summed E-state index contributed by atoms with van der Waals surface area (Å²) < 4.78 is 34.1. The van der Waals surface area contributed by atoms with Crippen LogP contribution in [0.15, 0.2) is 47.4 Å². The van der Waals surface area contributed by atoms with E-state index < -0.39 is 16.1 Å². The van der Waals surface area contributed by atoms with Crippen LogP contribution in [-0.4, -0.2) is 49.3 Å². The third kappa shape index (κ3) is 5.39. The van der Waals surface area contributed by atoms with Crippen molar-refractivity contribution in [2.45, 2.75) is 37.3 Å². The number of hydrogen-bond donors (Lipinski definition) is 2. The molecule has 1 amide bonds. The zero-order valence-electron chi connectivity index (χ0n) is 19.1. The van der Waals surface area contributed by atoms with E-state index in [2.05, 4.69) is 10.3 Å². The van der Waals surface area contributed by atoms with Crippen molar-refractivity contribution in [3.63, 3.8) is 0 Å². The van der Waals surface area contributed by atoms with E-state index >= 15 is 0 Å². The standard InChI is InChI=1S/C24H26Cl2N4O4S/c1-15-4-5-16-13-17(6-8-20(16)29-15)34-14-18-19(25)7-9-22(23(18)26)35(32,33)30-12-2-3-21(30)24(31)28-11-10-27/h4-9,13,21H,2-3,10-12,14,27H2,1H3,(H,28,31)/t21-/m0/s1. The summed E-state index contributed by atoms with van der Waals surface area (Å²) in [6.45, 7) is 2.65. The van der Waals surface area contributed by atoms with E-state index in [4.69, 9.17) is 33.7 Å². The van der Waals surface area contributed by atoms with Crippen molar-refractivity contribution >= 4 is 50.0 Å². The van der Waals surface area contributed by atoms with Crippen molar-refractivity contribution in [2.24, 2.45) is 5.73 Å². The lowest BCUT2D eigenvalue weighted by Gasteiger charge is -2.24. The SMILES string of the molecule is Cc1ccc2cc(OCc3c(Cl)ccc(S(=O)(=O)N4CCC[C@H]4C(=O)NCCN)c3Cl)ccc2n1. The lowest BCUT2D eigenvalue weighted by atomic mass is 10.2. The highest BCUT2D eigenvalue weighted by Gasteiger charge is 2.40. The molecule has 2 heterocycles. The molecule has 1 aliphatic rings. The van der Waals surface area contributed by atoms with Gasteiger partial charge in [0.25, 0.3) is 0 Å². The second-order valence-electron chi connectivity index (χ2n) is 8.29. The Kier molecular flexibility index (Phi) is 7.83. The molecule has 0 spiro atoms. The number of rotatable bonds is 8. The minimum Gasteiger partial charge on any atom is -0.489 e. The molecule has 3 N–H and O–H groups in total. The highest BCUT2D eigenvalue weighted by Crippen LogP contribution is 2.36. The Morgan fingerprint density at radius 1 is 1.23 bits per heavy atom. The first kappa shape index (κ1) is 25.7. The fourth-order valence-electron chi connectivity index (χ4n) is 4.09. The number of carbonyl (C=O) groups is 1. The van der Waals surface area contributed by atoms with Gasteiger partial charge < -0.3 is 15.8 Å². The van der Waals surface area contributed by atoms with Crippen LogP contribution in [0.25, 0.3) is 10.9 Å². The van der Waals surface area contributed by atoms with Gasteiger partial charge in [0.15, 0.2) is 0 Å². The molecule has 0 bridgehead atoms. The number of aryl methyl sites for hydroxylation is 1. The van der Waals surface area contributed by atoms with Crippen molar-refractivity contribution in [1.82, 2.24) is 14.6 Å². The molecular weight excluding hydrogens is 511 g/mol. The Labute approximate surface area is 214 Å². The molecule has 186 valence electrons. The van der Waals surface area contributed by atoms with Gasteiger partial charge in [-0.15, -0.1) is 0 Å². The van der Waals surface area contributed by atoms with Crippen molar-refractivity contribution in [3.8, 4) is 5.75 Å². The van der Waals surface area contributed by atoms with Crippen LogP contribution in [0.1, 0.15) is 24.1 Å². The average molecular weight is 537 g/mol. The van der Waals surface area contributed by atoms with Crippen LogP contribution < -0.4 is 15.8 Å². The van der Waals surface area contributed by atoms with Crippen LogP contribution in [-0.2, 0) is 21.4 Å². The Bertz CT molecular complexity index is 1370. The van der Waals surface area contributed by atoms with Gasteiger partial charge in [0.2, 0.25) is 15.9 Å². The van der Waals surface area contributed by atoms with Crippen LogP contribution >= 0.6 is 23.2 Å². The summed E-state index contributed by atoms with van der Waals surface area (Å²) >= 11 is 12.9. The first-order valence-corrected chi connectivity index (χ1v) is 13.4. The zero-order chi connectivity index (χ0) is 25.2. The predicted molar refractivity (Wildman–Crippen MR) is 136 cm³/mol. The molecule has 1 atom stereocenters. The molecule has 35 heavy (non-hydrogen) atoms. The molecule has 0 aliphatic carbocycles. The van der Waals surface area contributed by atoms with E-state index in [1.54, 1.807) is 6.07 Å². The Hall–Kier alpha value is -2.43. The van der Waals surface area contributed by atoms with Gasteiger partial charge in [-0.2, -0.15) is 4.31 Å². The normalized spacial score (nSPS) is 16.5. The lowest BCUT2D eigenvalue weighted by Crippen LogP contribution is -2.46. The number of hydrogen-bond acceptors (Lipinski definition) is 6. The highest BCUT2D eigenvalue weighted by molar-refractivity contribution is 7.89. The number of carbonyl (C=O) groups excluding carboxylic acids is 1. The summed E-state index contributed by atoms with van der Waals surface area (Å²) in [6, 6.07) is 11.4. The lowest BCUT2D eigenvalue weighted by molar-refractivity contribution is -0.124. The summed E-state index contributed by atoms with van der Waals surface area (Å²) in [5.74, 6) is 0.200. The van der Waals surface area contributed by atoms with Crippen molar-refractivity contribution in [1.29, 1.82) is 0 Å². The summed E-state index contributed by atoms with van der Waals surface area (Å²) in [5.41, 5.74) is 7.56.